The molecule has 0 aromatic carbocycles. The fourth-order valence-electron chi connectivity index (χ4n) is 2.05. The first-order valence-electron chi connectivity index (χ1n) is 7.34. The third kappa shape index (κ3) is 5.05. The predicted molar refractivity (Wildman–Crippen MR) is 85.2 cm³/mol. The van der Waals surface area contributed by atoms with Crippen molar-refractivity contribution in [3.63, 3.8) is 0 Å². The summed E-state index contributed by atoms with van der Waals surface area (Å²) in [6, 6.07) is 2.71. The molecule has 1 aromatic heterocycles. The van der Waals surface area contributed by atoms with Gasteiger partial charge in [-0.1, -0.05) is 0 Å². The van der Waals surface area contributed by atoms with E-state index in [-0.39, 0.29) is 28.4 Å². The van der Waals surface area contributed by atoms with Crippen molar-refractivity contribution < 1.29 is 23.1 Å². The first-order chi connectivity index (χ1) is 11.2. The topological polar surface area (TPSA) is 71.5 Å². The number of carbonyl (C=O) groups is 2. The number of nitrogens with zero attached hydrogens (tertiary/aromatic N) is 2. The zero-order chi connectivity index (χ0) is 17.9. The van der Waals surface area contributed by atoms with Crippen molar-refractivity contribution in [2.75, 3.05) is 13.1 Å². The largest absolute Gasteiger partial charge is 0.444 e. The Hall–Kier alpha value is -1.90. The fourth-order valence-corrected chi connectivity index (χ4v) is 2.63. The van der Waals surface area contributed by atoms with Gasteiger partial charge in [0.25, 0.3) is 11.7 Å². The lowest BCUT2D eigenvalue weighted by Gasteiger charge is -2.40. The molecule has 6 nitrogen and oxygen atoms in total. The third-order valence-electron chi connectivity index (χ3n) is 3.08. The van der Waals surface area contributed by atoms with E-state index in [1.807, 2.05) is 0 Å². The van der Waals surface area contributed by atoms with Crippen LogP contribution < -0.4 is 5.32 Å². The number of likely N-dealkylation sites (tertiary alicyclic amines) is 1. The minimum absolute atomic E-state index is 0.0201. The van der Waals surface area contributed by atoms with Crippen LogP contribution >= 0.6 is 11.8 Å². The second kappa shape index (κ2) is 7.33. The van der Waals surface area contributed by atoms with Gasteiger partial charge in [0.2, 0.25) is 0 Å². The Labute approximate surface area is 142 Å². The Morgan fingerprint density at radius 2 is 2.08 bits per heavy atom. The number of ether oxygens (including phenoxy) is 1. The van der Waals surface area contributed by atoms with Crippen LogP contribution in [0.5, 0.6) is 0 Å². The van der Waals surface area contributed by atoms with Crippen LogP contribution in [-0.2, 0) is 4.74 Å². The molecule has 1 aliphatic rings. The minimum atomic E-state index is -2.65. The summed E-state index contributed by atoms with van der Waals surface area (Å²) >= 11 is 0.228. The van der Waals surface area contributed by atoms with Crippen LogP contribution in [0.1, 0.15) is 31.1 Å². The maximum absolute atomic E-state index is 12.5. The molecule has 1 N–H and O–H groups in total. The third-order valence-corrected chi connectivity index (χ3v) is 3.81. The van der Waals surface area contributed by atoms with Crippen LogP contribution in [0, 0.1) is 0 Å². The molecule has 0 radical (unpaired) electrons. The number of carbonyl (C=O) groups excluding carboxylic acids is 2. The van der Waals surface area contributed by atoms with Gasteiger partial charge in [0.15, 0.2) is 0 Å². The van der Waals surface area contributed by atoms with Crippen molar-refractivity contribution >= 4 is 23.8 Å². The van der Waals surface area contributed by atoms with E-state index in [1.54, 1.807) is 20.8 Å². The molecule has 1 aliphatic heterocycles. The van der Waals surface area contributed by atoms with Crippen LogP contribution in [0.2, 0.25) is 0 Å². The molecule has 0 atom stereocenters. The van der Waals surface area contributed by atoms with Crippen LogP contribution in [0.25, 0.3) is 0 Å². The minimum Gasteiger partial charge on any atom is -0.444 e. The van der Waals surface area contributed by atoms with Gasteiger partial charge in [0, 0.05) is 19.3 Å². The Kier molecular flexibility index (Phi) is 5.63. The number of aromatic nitrogens is 1. The van der Waals surface area contributed by atoms with Gasteiger partial charge in [-0.05, 0) is 44.7 Å². The number of alkyl halides is 2. The van der Waals surface area contributed by atoms with E-state index in [2.05, 4.69) is 10.3 Å². The average molecular weight is 359 g/mol. The van der Waals surface area contributed by atoms with Gasteiger partial charge >= 0.3 is 6.09 Å². The first-order valence-corrected chi connectivity index (χ1v) is 8.22. The van der Waals surface area contributed by atoms with Crippen LogP contribution in [0.3, 0.4) is 0 Å². The maximum Gasteiger partial charge on any atom is 0.410 e. The summed E-state index contributed by atoms with van der Waals surface area (Å²) in [6.45, 7) is 5.95. The Morgan fingerprint density at radius 3 is 2.67 bits per heavy atom. The second-order valence-corrected chi connectivity index (χ2v) is 7.27. The van der Waals surface area contributed by atoms with Crippen molar-refractivity contribution in [1.82, 2.24) is 15.2 Å². The van der Waals surface area contributed by atoms with Crippen molar-refractivity contribution in [2.45, 2.75) is 43.2 Å². The Balaban J connectivity index is 1.88. The lowest BCUT2D eigenvalue weighted by atomic mass is 10.1. The molecule has 1 fully saturated rings. The number of hydrogen-bond donors (Lipinski definition) is 1. The summed E-state index contributed by atoms with van der Waals surface area (Å²) in [5.41, 5.74) is -0.485. The molecule has 132 valence electrons. The van der Waals surface area contributed by atoms with E-state index in [0.29, 0.717) is 13.1 Å². The Morgan fingerprint density at radius 1 is 1.42 bits per heavy atom. The highest BCUT2D eigenvalue weighted by Gasteiger charge is 2.35. The summed E-state index contributed by atoms with van der Waals surface area (Å²) in [6.07, 6.45) is 0.915. The fraction of sp³-hybridized carbons (Fsp3) is 0.533. The number of hydrogen-bond acceptors (Lipinski definition) is 5. The van der Waals surface area contributed by atoms with Gasteiger partial charge in [-0.25, -0.2) is 9.78 Å². The van der Waals surface area contributed by atoms with Crippen LogP contribution in [0.15, 0.2) is 23.4 Å². The summed E-state index contributed by atoms with van der Waals surface area (Å²) < 4.78 is 30.2. The summed E-state index contributed by atoms with van der Waals surface area (Å²) in [5.74, 6) is -3.14. The molecular weight excluding hydrogens is 340 g/mol. The number of nitrogens with one attached hydrogen (secondary N) is 1. The van der Waals surface area contributed by atoms with E-state index in [1.165, 1.54) is 23.2 Å². The van der Waals surface area contributed by atoms with Crippen LogP contribution in [-0.4, -0.2) is 52.4 Å². The SMILES string of the molecule is CC(C)(C)OC(=O)N1CC(NC(=O)c2cccnc2SC(F)F)C1. The normalized spacial score (nSPS) is 15.2. The maximum atomic E-state index is 12.5. The van der Waals surface area contributed by atoms with Crippen molar-refractivity contribution in [1.29, 1.82) is 0 Å². The molecule has 0 unspecified atom stereocenters. The highest BCUT2D eigenvalue weighted by atomic mass is 32.2. The number of thioether (sulfide) groups is 1. The number of amides is 2. The summed E-state index contributed by atoms with van der Waals surface area (Å²) in [4.78, 5) is 29.3. The number of halogens is 2. The quantitative estimate of drug-likeness (QED) is 0.837. The van der Waals surface area contributed by atoms with E-state index >= 15 is 0 Å². The van der Waals surface area contributed by atoms with E-state index in [9.17, 15) is 18.4 Å². The molecular formula is C15H19F2N3O3S. The molecule has 1 aromatic rings. The molecule has 1 saturated heterocycles. The second-order valence-electron chi connectivity index (χ2n) is 6.29. The van der Waals surface area contributed by atoms with Gasteiger partial charge in [-0.2, -0.15) is 8.78 Å². The summed E-state index contributed by atoms with van der Waals surface area (Å²) in [5, 5.41) is 2.69. The Bertz CT molecular complexity index is 616. The molecule has 0 saturated carbocycles. The van der Waals surface area contributed by atoms with E-state index < -0.39 is 23.4 Å². The zero-order valence-electron chi connectivity index (χ0n) is 13.6. The first kappa shape index (κ1) is 18.4. The standard InChI is InChI=1S/C15H19F2N3O3S/c1-15(2,3)23-14(22)20-7-9(8-20)19-11(21)10-5-4-6-18-12(10)24-13(16)17/h4-6,9,13H,7-8H2,1-3H3,(H,19,21). The number of rotatable bonds is 4. The molecule has 0 aliphatic carbocycles. The average Bonchev–Trinajstić information content (AvgIpc) is 2.39. The molecule has 2 amide bonds. The van der Waals surface area contributed by atoms with Crippen molar-refractivity contribution in [3.8, 4) is 0 Å². The van der Waals surface area contributed by atoms with Crippen molar-refractivity contribution in [3.05, 3.63) is 23.9 Å². The summed E-state index contributed by atoms with van der Waals surface area (Å²) in [7, 11) is 0. The van der Waals surface area contributed by atoms with Crippen molar-refractivity contribution in [2.24, 2.45) is 0 Å². The smallest absolute Gasteiger partial charge is 0.410 e. The molecule has 9 heteroatoms. The molecule has 24 heavy (non-hydrogen) atoms. The van der Waals surface area contributed by atoms with E-state index in [4.69, 9.17) is 4.74 Å². The molecule has 2 heterocycles. The van der Waals surface area contributed by atoms with Gasteiger partial charge in [0.05, 0.1) is 11.6 Å². The predicted octanol–water partition coefficient (Wildman–Crippen LogP) is 2.75. The van der Waals surface area contributed by atoms with Gasteiger partial charge in [-0.15, -0.1) is 0 Å². The van der Waals surface area contributed by atoms with Gasteiger partial charge < -0.3 is 15.0 Å². The molecule has 2 rings (SSSR count). The monoisotopic (exact) mass is 359 g/mol. The van der Waals surface area contributed by atoms with Gasteiger partial charge in [0.1, 0.15) is 10.6 Å². The van der Waals surface area contributed by atoms with Gasteiger partial charge in [-0.3, -0.25) is 4.79 Å². The lowest BCUT2D eigenvalue weighted by Crippen LogP contribution is -2.61. The lowest BCUT2D eigenvalue weighted by molar-refractivity contribution is 0.00531. The molecule has 0 bridgehead atoms. The van der Waals surface area contributed by atoms with Crippen LogP contribution in [0.4, 0.5) is 13.6 Å². The van der Waals surface area contributed by atoms with E-state index in [0.717, 1.165) is 0 Å². The number of pyridine rings is 1. The highest BCUT2D eigenvalue weighted by Crippen LogP contribution is 2.26. The molecule has 0 spiro atoms. The zero-order valence-corrected chi connectivity index (χ0v) is 14.4. The highest BCUT2D eigenvalue weighted by molar-refractivity contribution is 7.99.